The third-order valence-corrected chi connectivity index (χ3v) is 4.78. The van der Waals surface area contributed by atoms with E-state index in [2.05, 4.69) is 5.10 Å². The summed E-state index contributed by atoms with van der Waals surface area (Å²) in [5.74, 6) is -0.417. The number of aryl methyl sites for hydroxylation is 3. The van der Waals surface area contributed by atoms with Crippen LogP contribution < -0.4 is 4.90 Å². The summed E-state index contributed by atoms with van der Waals surface area (Å²) in [7, 11) is 0. The van der Waals surface area contributed by atoms with Gasteiger partial charge in [-0.05, 0) is 74.7 Å². The largest absolute Gasteiger partial charge is 0.308 e. The lowest BCUT2D eigenvalue weighted by molar-refractivity contribution is 0.0985. The molecule has 0 unspecified atom stereocenters. The van der Waals surface area contributed by atoms with Crippen LogP contribution >= 0.6 is 0 Å². The third kappa shape index (κ3) is 2.90. The van der Waals surface area contributed by atoms with Gasteiger partial charge in [0.2, 0.25) is 0 Å². The highest BCUT2D eigenvalue weighted by Gasteiger charge is 2.24. The van der Waals surface area contributed by atoms with E-state index in [-0.39, 0.29) is 11.7 Å². The summed E-state index contributed by atoms with van der Waals surface area (Å²) in [5, 5.41) is 4.46. The summed E-state index contributed by atoms with van der Waals surface area (Å²) < 4.78 is 15.5. The summed E-state index contributed by atoms with van der Waals surface area (Å²) in [5.41, 5.74) is 5.20. The maximum atomic E-state index is 13.7. The summed E-state index contributed by atoms with van der Waals surface area (Å²) in [6, 6.07) is 14.1. The van der Waals surface area contributed by atoms with Crippen molar-refractivity contribution in [2.45, 2.75) is 26.7 Å². The Labute approximate surface area is 151 Å². The number of carbonyl (C=O) groups excluding carboxylic acids is 1. The zero-order valence-electron chi connectivity index (χ0n) is 14.9. The van der Waals surface area contributed by atoms with Crippen molar-refractivity contribution in [2.75, 3.05) is 11.4 Å². The maximum absolute atomic E-state index is 13.7. The van der Waals surface area contributed by atoms with Crippen LogP contribution in [-0.2, 0) is 6.42 Å². The Balaban J connectivity index is 1.64. The number of amides is 1. The molecule has 0 bridgehead atoms. The minimum absolute atomic E-state index is 0.100. The first-order valence-corrected chi connectivity index (χ1v) is 8.77. The van der Waals surface area contributed by atoms with Crippen LogP contribution in [0.25, 0.3) is 5.69 Å². The Morgan fingerprint density at radius 3 is 2.54 bits per heavy atom. The molecule has 1 aliphatic rings. The molecule has 1 aromatic heterocycles. The molecule has 3 aromatic rings. The molecule has 0 radical (unpaired) electrons. The van der Waals surface area contributed by atoms with E-state index in [1.165, 1.54) is 12.1 Å². The highest BCUT2D eigenvalue weighted by Crippen LogP contribution is 2.29. The summed E-state index contributed by atoms with van der Waals surface area (Å²) in [6.07, 6.45) is 1.75. The number of anilines is 1. The average Bonchev–Trinajstić information content (AvgIpc) is 2.99. The number of benzene rings is 2. The fourth-order valence-electron chi connectivity index (χ4n) is 3.55. The molecule has 1 aliphatic heterocycles. The molecule has 0 N–H and O–H groups in total. The molecule has 0 atom stereocenters. The van der Waals surface area contributed by atoms with Crippen LogP contribution in [0.1, 0.15) is 33.7 Å². The van der Waals surface area contributed by atoms with E-state index >= 15 is 0 Å². The lowest BCUT2D eigenvalue weighted by Crippen LogP contribution is -2.35. The van der Waals surface area contributed by atoms with Crippen LogP contribution in [0.3, 0.4) is 0 Å². The second-order valence-corrected chi connectivity index (χ2v) is 6.72. The van der Waals surface area contributed by atoms with Crippen molar-refractivity contribution in [2.24, 2.45) is 0 Å². The molecule has 4 nitrogen and oxygen atoms in total. The molecule has 2 heterocycles. The van der Waals surface area contributed by atoms with Crippen LogP contribution in [0.5, 0.6) is 0 Å². The number of hydrogen-bond donors (Lipinski definition) is 0. The normalized spacial score (nSPS) is 13.6. The van der Waals surface area contributed by atoms with Gasteiger partial charge in [0, 0.05) is 17.8 Å². The molecular weight excluding hydrogens is 329 g/mol. The zero-order valence-corrected chi connectivity index (χ0v) is 14.9. The number of nitrogens with zero attached hydrogens (tertiary/aromatic N) is 3. The number of aromatic nitrogens is 2. The smallest absolute Gasteiger partial charge is 0.258 e. The SMILES string of the molecule is Cc1cc(C)n(-c2ccc(C(=O)N3CCCc4ccc(F)cc43)cc2)n1. The van der Waals surface area contributed by atoms with Gasteiger partial charge in [-0.1, -0.05) is 6.07 Å². The van der Waals surface area contributed by atoms with Gasteiger partial charge >= 0.3 is 0 Å². The molecule has 0 saturated carbocycles. The Morgan fingerprint density at radius 2 is 1.85 bits per heavy atom. The summed E-state index contributed by atoms with van der Waals surface area (Å²) >= 11 is 0. The molecule has 2 aromatic carbocycles. The molecule has 26 heavy (non-hydrogen) atoms. The molecule has 0 fully saturated rings. The standard InChI is InChI=1S/C21H20FN3O/c1-14-12-15(2)25(23-14)19-9-6-17(7-10-19)21(26)24-11-3-4-16-5-8-18(22)13-20(16)24/h5-10,12-13H,3-4,11H2,1-2H3. The van der Waals surface area contributed by atoms with E-state index in [0.717, 1.165) is 35.5 Å². The van der Waals surface area contributed by atoms with Gasteiger partial charge in [0.05, 0.1) is 17.1 Å². The van der Waals surface area contributed by atoms with Crippen molar-refractivity contribution >= 4 is 11.6 Å². The van der Waals surface area contributed by atoms with E-state index < -0.39 is 0 Å². The lowest BCUT2D eigenvalue weighted by atomic mass is 10.0. The minimum atomic E-state index is -0.316. The van der Waals surface area contributed by atoms with Crippen LogP contribution in [-0.4, -0.2) is 22.2 Å². The fraction of sp³-hybridized carbons (Fsp3) is 0.238. The van der Waals surface area contributed by atoms with Gasteiger partial charge in [-0.25, -0.2) is 9.07 Å². The van der Waals surface area contributed by atoms with Gasteiger partial charge < -0.3 is 4.90 Å². The van der Waals surface area contributed by atoms with Crippen LogP contribution in [0.4, 0.5) is 10.1 Å². The first kappa shape index (κ1) is 16.5. The second-order valence-electron chi connectivity index (χ2n) is 6.72. The van der Waals surface area contributed by atoms with Gasteiger partial charge in [0.25, 0.3) is 5.91 Å². The van der Waals surface area contributed by atoms with Gasteiger partial charge in [0.15, 0.2) is 0 Å². The lowest BCUT2D eigenvalue weighted by Gasteiger charge is -2.29. The molecule has 0 spiro atoms. The maximum Gasteiger partial charge on any atom is 0.258 e. The van der Waals surface area contributed by atoms with Gasteiger partial charge in [0.1, 0.15) is 5.82 Å². The predicted molar refractivity (Wildman–Crippen MR) is 99.4 cm³/mol. The van der Waals surface area contributed by atoms with Crippen LogP contribution in [0, 0.1) is 19.7 Å². The molecule has 4 rings (SSSR count). The molecule has 1 amide bonds. The second kappa shape index (κ2) is 6.41. The third-order valence-electron chi connectivity index (χ3n) is 4.78. The van der Waals surface area contributed by atoms with Crippen LogP contribution in [0.2, 0.25) is 0 Å². The fourth-order valence-corrected chi connectivity index (χ4v) is 3.55. The van der Waals surface area contributed by atoms with Gasteiger partial charge in [-0.15, -0.1) is 0 Å². The molecular formula is C21H20FN3O. The molecule has 0 saturated heterocycles. The minimum Gasteiger partial charge on any atom is -0.308 e. The topological polar surface area (TPSA) is 38.1 Å². The van der Waals surface area contributed by atoms with Gasteiger partial charge in [-0.3, -0.25) is 4.79 Å². The van der Waals surface area contributed by atoms with E-state index in [1.807, 2.05) is 48.9 Å². The highest BCUT2D eigenvalue weighted by atomic mass is 19.1. The molecule has 5 heteroatoms. The Kier molecular flexibility index (Phi) is 4.07. The van der Waals surface area contributed by atoms with Crippen molar-refractivity contribution in [1.82, 2.24) is 9.78 Å². The van der Waals surface area contributed by atoms with Crippen molar-refractivity contribution in [1.29, 1.82) is 0 Å². The average molecular weight is 349 g/mol. The quantitative estimate of drug-likeness (QED) is 0.695. The first-order chi connectivity index (χ1) is 12.5. The Bertz CT molecular complexity index is 975. The van der Waals surface area contributed by atoms with E-state index in [1.54, 1.807) is 11.0 Å². The van der Waals surface area contributed by atoms with Crippen molar-refractivity contribution in [3.63, 3.8) is 0 Å². The monoisotopic (exact) mass is 349 g/mol. The van der Waals surface area contributed by atoms with Gasteiger partial charge in [-0.2, -0.15) is 5.10 Å². The van der Waals surface area contributed by atoms with Crippen molar-refractivity contribution in [3.05, 3.63) is 76.9 Å². The van der Waals surface area contributed by atoms with Crippen LogP contribution in [0.15, 0.2) is 48.5 Å². The van der Waals surface area contributed by atoms with E-state index in [9.17, 15) is 9.18 Å². The number of fused-ring (bicyclic) bond motifs is 1. The Hall–Kier alpha value is -2.95. The number of rotatable bonds is 2. The first-order valence-electron chi connectivity index (χ1n) is 8.77. The zero-order chi connectivity index (χ0) is 18.3. The Morgan fingerprint density at radius 1 is 1.08 bits per heavy atom. The van der Waals surface area contributed by atoms with Crippen molar-refractivity contribution < 1.29 is 9.18 Å². The number of hydrogen-bond acceptors (Lipinski definition) is 2. The number of halogens is 1. The number of carbonyl (C=O) groups is 1. The van der Waals surface area contributed by atoms with E-state index in [4.69, 9.17) is 0 Å². The molecule has 0 aliphatic carbocycles. The molecule has 132 valence electrons. The van der Waals surface area contributed by atoms with Crippen molar-refractivity contribution in [3.8, 4) is 5.69 Å². The van der Waals surface area contributed by atoms with E-state index in [0.29, 0.717) is 17.8 Å². The summed E-state index contributed by atoms with van der Waals surface area (Å²) in [6.45, 7) is 4.56. The predicted octanol–water partition coefficient (Wildman–Crippen LogP) is 4.22. The highest BCUT2D eigenvalue weighted by molar-refractivity contribution is 6.06. The summed E-state index contributed by atoms with van der Waals surface area (Å²) in [4.78, 5) is 14.7.